The van der Waals surface area contributed by atoms with E-state index in [2.05, 4.69) is 38.2 Å². The summed E-state index contributed by atoms with van der Waals surface area (Å²) in [6.45, 7) is 10.2. The van der Waals surface area contributed by atoms with Crippen molar-refractivity contribution >= 4 is 17.5 Å². The number of hydrogen-bond acceptors (Lipinski definition) is 1. The van der Waals surface area contributed by atoms with Gasteiger partial charge in [-0.3, -0.25) is 4.79 Å². The monoisotopic (exact) mass is 253 g/mol. The van der Waals surface area contributed by atoms with Crippen LogP contribution in [0.3, 0.4) is 0 Å². The van der Waals surface area contributed by atoms with Crippen LogP contribution in [0.15, 0.2) is 12.1 Å². The van der Waals surface area contributed by atoms with Gasteiger partial charge in [0.15, 0.2) is 0 Å². The highest BCUT2D eigenvalue weighted by atomic mass is 35.5. The number of alkyl halides is 1. The van der Waals surface area contributed by atoms with Gasteiger partial charge in [0.1, 0.15) is 5.88 Å². The Balaban J connectivity index is 3.14. The fraction of sp³-hybridized carbons (Fsp3) is 0.500. The molecule has 0 aliphatic heterocycles. The summed E-state index contributed by atoms with van der Waals surface area (Å²) in [5.74, 6) is -0.151. The molecule has 2 nitrogen and oxygen atoms in total. The Labute approximate surface area is 108 Å². The van der Waals surface area contributed by atoms with E-state index >= 15 is 0 Å². The third-order valence-electron chi connectivity index (χ3n) is 3.09. The molecule has 0 aliphatic rings. The fourth-order valence-electron chi connectivity index (χ4n) is 2.08. The molecule has 1 amide bonds. The molecule has 17 heavy (non-hydrogen) atoms. The molecule has 1 rings (SSSR count). The molecule has 94 valence electrons. The molecule has 1 aromatic rings. The third kappa shape index (κ3) is 3.22. The van der Waals surface area contributed by atoms with Crippen molar-refractivity contribution in [3.63, 3.8) is 0 Å². The summed E-state index contributed by atoms with van der Waals surface area (Å²) in [7, 11) is 0. The first kappa shape index (κ1) is 14.0. The zero-order valence-electron chi connectivity index (χ0n) is 11.1. The molecule has 0 saturated heterocycles. The topological polar surface area (TPSA) is 29.1 Å². The third-order valence-corrected chi connectivity index (χ3v) is 3.33. The number of benzene rings is 1. The minimum Gasteiger partial charge on any atom is -0.346 e. The van der Waals surface area contributed by atoms with Gasteiger partial charge < -0.3 is 5.32 Å². The van der Waals surface area contributed by atoms with E-state index in [1.165, 1.54) is 16.7 Å². The summed E-state index contributed by atoms with van der Waals surface area (Å²) in [6, 6.07) is 4.29. The molecule has 0 aliphatic carbocycles. The van der Waals surface area contributed by atoms with E-state index in [0.717, 1.165) is 5.56 Å². The van der Waals surface area contributed by atoms with Crippen molar-refractivity contribution < 1.29 is 4.79 Å². The van der Waals surface area contributed by atoms with Gasteiger partial charge in [-0.2, -0.15) is 0 Å². The molecular formula is C14H20ClNO. The van der Waals surface area contributed by atoms with Crippen LogP contribution < -0.4 is 5.32 Å². The van der Waals surface area contributed by atoms with Crippen LogP contribution in [0.5, 0.6) is 0 Å². The quantitative estimate of drug-likeness (QED) is 0.824. The number of amides is 1. The predicted octanol–water partition coefficient (Wildman–Crippen LogP) is 3.20. The Morgan fingerprint density at radius 1 is 1.18 bits per heavy atom. The van der Waals surface area contributed by atoms with Gasteiger partial charge in [-0.1, -0.05) is 12.1 Å². The summed E-state index contributed by atoms with van der Waals surface area (Å²) < 4.78 is 0. The van der Waals surface area contributed by atoms with Crippen LogP contribution in [0.1, 0.15) is 36.1 Å². The molecule has 0 heterocycles. The maximum Gasteiger partial charge on any atom is 0.235 e. The average molecular weight is 254 g/mol. The van der Waals surface area contributed by atoms with Gasteiger partial charge in [0, 0.05) is 0 Å². The number of nitrogens with one attached hydrogen (secondary N) is 1. The van der Waals surface area contributed by atoms with Gasteiger partial charge in [0.2, 0.25) is 5.91 Å². The first-order chi connectivity index (χ1) is 7.77. The minimum absolute atomic E-state index is 0.00663. The molecule has 0 bridgehead atoms. The number of hydrogen-bond donors (Lipinski definition) is 1. The summed E-state index contributed by atoms with van der Waals surface area (Å²) in [5.41, 5.74) is 4.44. The molecule has 0 radical (unpaired) electrons. The normalized spacial score (nSPS) is 11.4. The Morgan fingerprint density at radius 3 is 2.24 bits per heavy atom. The smallest absolute Gasteiger partial charge is 0.235 e. The van der Waals surface area contributed by atoms with E-state index in [9.17, 15) is 4.79 Å². The van der Waals surface area contributed by atoms with Crippen molar-refractivity contribution in [3.8, 4) is 0 Å². The van der Waals surface area contributed by atoms with E-state index in [4.69, 9.17) is 11.6 Å². The first-order valence-corrected chi connectivity index (χ1v) is 6.26. The van der Waals surface area contributed by atoms with E-state index in [-0.39, 0.29) is 11.8 Å². The predicted molar refractivity (Wildman–Crippen MR) is 72.5 cm³/mol. The van der Waals surface area contributed by atoms with Crippen LogP contribution in [0.4, 0.5) is 0 Å². The lowest BCUT2D eigenvalue weighted by molar-refractivity contribution is -0.120. The van der Waals surface area contributed by atoms with Crippen molar-refractivity contribution in [1.82, 2.24) is 5.32 Å². The minimum atomic E-state index is -0.394. The van der Waals surface area contributed by atoms with E-state index in [1.807, 2.05) is 13.8 Å². The average Bonchev–Trinajstić information content (AvgIpc) is 2.22. The molecule has 0 unspecified atom stereocenters. The lowest BCUT2D eigenvalue weighted by Crippen LogP contribution is -2.42. The van der Waals surface area contributed by atoms with Gasteiger partial charge in [-0.15, -0.1) is 11.6 Å². The maximum absolute atomic E-state index is 11.4. The van der Waals surface area contributed by atoms with Crippen molar-refractivity contribution in [1.29, 1.82) is 0 Å². The number of aryl methyl sites for hydroxylation is 3. The van der Waals surface area contributed by atoms with E-state index in [1.54, 1.807) is 0 Å². The molecule has 1 aromatic carbocycles. The van der Waals surface area contributed by atoms with Crippen LogP contribution >= 0.6 is 11.6 Å². The highest BCUT2D eigenvalue weighted by Gasteiger charge is 2.24. The van der Waals surface area contributed by atoms with Gasteiger partial charge in [0.05, 0.1) is 5.54 Å². The van der Waals surface area contributed by atoms with Crippen LogP contribution in [0.2, 0.25) is 0 Å². The highest BCUT2D eigenvalue weighted by Crippen LogP contribution is 2.26. The zero-order valence-corrected chi connectivity index (χ0v) is 11.9. The van der Waals surface area contributed by atoms with Crippen molar-refractivity contribution in [2.45, 2.75) is 40.2 Å². The zero-order chi connectivity index (χ0) is 13.2. The van der Waals surface area contributed by atoms with Gasteiger partial charge in [-0.25, -0.2) is 0 Å². The van der Waals surface area contributed by atoms with Crippen LogP contribution in [-0.2, 0) is 10.3 Å². The summed E-state index contributed by atoms with van der Waals surface area (Å²) in [4.78, 5) is 11.4. The summed E-state index contributed by atoms with van der Waals surface area (Å²) in [6.07, 6.45) is 0. The molecule has 3 heteroatoms. The lowest BCUT2D eigenvalue weighted by Gasteiger charge is -2.29. The number of rotatable bonds is 3. The first-order valence-electron chi connectivity index (χ1n) is 5.73. The van der Waals surface area contributed by atoms with Crippen molar-refractivity contribution in [2.24, 2.45) is 0 Å². The highest BCUT2D eigenvalue weighted by molar-refractivity contribution is 6.27. The standard InChI is InChI=1S/C14H20ClNO/c1-9-6-11(3)12(7-10(9)2)14(4,5)16-13(17)8-15/h6-7H,8H2,1-5H3,(H,16,17). The Hall–Kier alpha value is -1.02. The number of halogens is 1. The van der Waals surface area contributed by atoms with Gasteiger partial charge in [-0.05, 0) is 56.9 Å². The van der Waals surface area contributed by atoms with Crippen molar-refractivity contribution in [2.75, 3.05) is 5.88 Å². The summed E-state index contributed by atoms with van der Waals surface area (Å²) >= 11 is 5.53. The maximum atomic E-state index is 11.4. The molecule has 0 atom stereocenters. The Kier molecular flexibility index (Phi) is 4.21. The van der Waals surface area contributed by atoms with Gasteiger partial charge >= 0.3 is 0 Å². The number of carbonyl (C=O) groups excluding carboxylic acids is 1. The second-order valence-corrected chi connectivity index (χ2v) is 5.33. The largest absolute Gasteiger partial charge is 0.346 e. The van der Waals surface area contributed by atoms with Crippen molar-refractivity contribution in [3.05, 3.63) is 34.4 Å². The Morgan fingerprint density at radius 2 is 1.71 bits per heavy atom. The van der Waals surface area contributed by atoms with Gasteiger partial charge in [0.25, 0.3) is 0 Å². The van der Waals surface area contributed by atoms with Crippen LogP contribution in [0.25, 0.3) is 0 Å². The molecule has 0 saturated carbocycles. The molecule has 0 aromatic heterocycles. The van der Waals surface area contributed by atoms with E-state index < -0.39 is 5.54 Å². The Bertz CT molecular complexity index is 438. The molecule has 0 fully saturated rings. The fourth-order valence-corrected chi connectivity index (χ4v) is 2.15. The van der Waals surface area contributed by atoms with E-state index in [0.29, 0.717) is 0 Å². The number of carbonyl (C=O) groups is 1. The van der Waals surface area contributed by atoms with Crippen LogP contribution in [0, 0.1) is 20.8 Å². The lowest BCUT2D eigenvalue weighted by atomic mass is 9.87. The molecular weight excluding hydrogens is 234 g/mol. The van der Waals surface area contributed by atoms with Crippen LogP contribution in [-0.4, -0.2) is 11.8 Å². The molecule has 0 spiro atoms. The second-order valence-electron chi connectivity index (χ2n) is 5.06. The second kappa shape index (κ2) is 5.09. The summed E-state index contributed by atoms with van der Waals surface area (Å²) in [5, 5.41) is 2.94. The SMILES string of the molecule is Cc1cc(C)c(C(C)(C)NC(=O)CCl)cc1C. The molecule has 1 N–H and O–H groups in total.